The average Bonchev–Trinajstić information content (AvgIpc) is 2.88. The first-order chi connectivity index (χ1) is 17.7. The number of aromatic nitrogens is 2. The molecule has 3 heterocycles. The van der Waals surface area contributed by atoms with Crippen LogP contribution in [0.2, 0.25) is 0 Å². The van der Waals surface area contributed by atoms with Gasteiger partial charge < -0.3 is 10.4 Å². The lowest BCUT2D eigenvalue weighted by Gasteiger charge is -2.43. The molecule has 0 saturated carbocycles. The maximum atomic E-state index is 12.3. The Kier molecular flexibility index (Phi) is 8.40. The Hall–Kier alpha value is -3.09. The predicted octanol–water partition coefficient (Wildman–Crippen LogP) is 5.72. The van der Waals surface area contributed by atoms with E-state index in [9.17, 15) is 9.90 Å². The largest absolute Gasteiger partial charge is 0.392 e. The summed E-state index contributed by atoms with van der Waals surface area (Å²) in [6.45, 7) is 11.1. The summed E-state index contributed by atoms with van der Waals surface area (Å²) in [5.74, 6) is 0.0117. The number of hydrogen-bond donors (Lipinski definition) is 2. The van der Waals surface area contributed by atoms with Gasteiger partial charge in [0.2, 0.25) is 5.91 Å². The van der Waals surface area contributed by atoms with E-state index in [1.807, 2.05) is 51.4 Å². The van der Waals surface area contributed by atoms with Gasteiger partial charge in [0.05, 0.1) is 30.1 Å². The Morgan fingerprint density at radius 3 is 2.08 bits per heavy atom. The lowest BCUT2D eigenvalue weighted by Crippen LogP contribution is -2.37. The lowest BCUT2D eigenvalue weighted by molar-refractivity contribution is -0.128. The van der Waals surface area contributed by atoms with Crippen molar-refractivity contribution in [3.63, 3.8) is 0 Å². The van der Waals surface area contributed by atoms with Gasteiger partial charge in [-0.25, -0.2) is 0 Å². The van der Waals surface area contributed by atoms with E-state index in [-0.39, 0.29) is 24.6 Å². The van der Waals surface area contributed by atoms with E-state index in [2.05, 4.69) is 48.3 Å². The van der Waals surface area contributed by atoms with Crippen LogP contribution in [0.1, 0.15) is 91.3 Å². The number of nitrogens with one attached hydrogen (secondary N) is 1. The van der Waals surface area contributed by atoms with Gasteiger partial charge in [0.15, 0.2) is 0 Å². The third kappa shape index (κ3) is 6.25. The zero-order valence-corrected chi connectivity index (χ0v) is 22.8. The third-order valence-electron chi connectivity index (χ3n) is 7.42. The second-order valence-electron chi connectivity index (χ2n) is 11.2. The number of carbonyl (C=O) groups excluding carboxylic acids is 1. The number of nitrogens with zero attached hydrogens (tertiary/aromatic N) is 3. The summed E-state index contributed by atoms with van der Waals surface area (Å²) in [5, 5.41) is 13.3. The first-order valence-electron chi connectivity index (χ1n) is 13.3. The lowest BCUT2D eigenvalue weighted by atomic mass is 9.88. The molecule has 4 rings (SSSR count). The second kappa shape index (κ2) is 11.5. The van der Waals surface area contributed by atoms with Gasteiger partial charge in [-0.05, 0) is 73.1 Å². The molecule has 37 heavy (non-hydrogen) atoms. The maximum absolute atomic E-state index is 12.3. The molecule has 0 bridgehead atoms. The van der Waals surface area contributed by atoms with Crippen molar-refractivity contribution < 1.29 is 9.90 Å². The number of carbonyl (C=O) groups is 1. The predicted molar refractivity (Wildman–Crippen MR) is 146 cm³/mol. The molecule has 6 heteroatoms. The molecule has 1 aliphatic heterocycles. The summed E-state index contributed by atoms with van der Waals surface area (Å²) in [5.41, 5.74) is 7.16. The minimum absolute atomic E-state index is 0.0117. The Morgan fingerprint density at radius 2 is 1.57 bits per heavy atom. The van der Waals surface area contributed by atoms with E-state index in [0.29, 0.717) is 13.1 Å². The smallest absolute Gasteiger partial charge is 0.225 e. The summed E-state index contributed by atoms with van der Waals surface area (Å²) >= 11 is 0. The van der Waals surface area contributed by atoms with Gasteiger partial charge in [-0.15, -0.1) is 0 Å². The van der Waals surface area contributed by atoms with E-state index in [1.54, 1.807) is 0 Å². The van der Waals surface area contributed by atoms with E-state index in [1.165, 1.54) is 11.1 Å². The molecule has 3 aromatic rings. The van der Waals surface area contributed by atoms with Crippen LogP contribution in [0.3, 0.4) is 0 Å². The molecule has 1 unspecified atom stereocenters. The molecule has 0 radical (unpaired) electrons. The number of aliphatic hydroxyl groups is 1. The Balaban J connectivity index is 1.67. The monoisotopic (exact) mass is 500 g/mol. The average molecular weight is 501 g/mol. The number of aryl methyl sites for hydroxylation is 2. The van der Waals surface area contributed by atoms with Crippen molar-refractivity contribution in [2.45, 2.75) is 85.7 Å². The molecule has 1 aliphatic rings. The topological polar surface area (TPSA) is 78.4 Å². The molecule has 2 aromatic heterocycles. The van der Waals surface area contributed by atoms with Crippen LogP contribution in [-0.4, -0.2) is 25.9 Å². The van der Waals surface area contributed by atoms with Gasteiger partial charge >= 0.3 is 0 Å². The quantitative estimate of drug-likeness (QED) is 0.434. The van der Waals surface area contributed by atoms with E-state index < -0.39 is 5.41 Å². The number of aliphatic hydroxyl groups excluding tert-OH is 1. The molecule has 2 atom stereocenters. The summed E-state index contributed by atoms with van der Waals surface area (Å²) in [7, 11) is 0. The van der Waals surface area contributed by atoms with Crippen molar-refractivity contribution in [3.05, 3.63) is 94.1 Å². The molecule has 6 nitrogen and oxygen atoms in total. The zero-order chi connectivity index (χ0) is 26.6. The van der Waals surface area contributed by atoms with Gasteiger partial charge in [-0.3, -0.25) is 19.7 Å². The maximum Gasteiger partial charge on any atom is 0.225 e. The zero-order valence-electron chi connectivity index (χ0n) is 22.8. The molecule has 0 spiro atoms. The number of benzene rings is 1. The summed E-state index contributed by atoms with van der Waals surface area (Å²) in [4.78, 5) is 24.5. The van der Waals surface area contributed by atoms with Crippen LogP contribution in [0.5, 0.6) is 0 Å². The van der Waals surface area contributed by atoms with Crippen LogP contribution < -0.4 is 5.32 Å². The Bertz CT molecular complexity index is 1180. The van der Waals surface area contributed by atoms with E-state index in [0.717, 1.165) is 47.3 Å². The molecule has 1 aromatic carbocycles. The number of rotatable bonds is 7. The second-order valence-corrected chi connectivity index (χ2v) is 11.2. The minimum Gasteiger partial charge on any atom is -0.392 e. The highest BCUT2D eigenvalue weighted by Crippen LogP contribution is 2.43. The first-order valence-corrected chi connectivity index (χ1v) is 13.3. The van der Waals surface area contributed by atoms with Crippen molar-refractivity contribution in [1.29, 1.82) is 0 Å². The summed E-state index contributed by atoms with van der Waals surface area (Å²) in [6.07, 6.45) is 6.94. The van der Waals surface area contributed by atoms with Crippen LogP contribution in [0.15, 0.2) is 54.9 Å². The molecule has 1 amide bonds. The van der Waals surface area contributed by atoms with Crippen molar-refractivity contribution in [1.82, 2.24) is 20.2 Å². The fourth-order valence-corrected chi connectivity index (χ4v) is 5.29. The van der Waals surface area contributed by atoms with Gasteiger partial charge in [0.25, 0.3) is 0 Å². The number of hydrogen-bond acceptors (Lipinski definition) is 5. The van der Waals surface area contributed by atoms with Crippen molar-refractivity contribution in [2.24, 2.45) is 5.41 Å². The molecule has 1 saturated heterocycles. The fourth-order valence-electron chi connectivity index (χ4n) is 5.29. The van der Waals surface area contributed by atoms with Gasteiger partial charge in [-0.1, -0.05) is 51.1 Å². The third-order valence-corrected chi connectivity index (χ3v) is 7.42. The molecule has 196 valence electrons. The standard InChI is InChI=1S/C31H40N4O2/c1-21-9-7-15-32-28(21)26-11-6-12-27(29-22(2)10-8-16-33-29)35(26)19-24-14-13-23(17-25(24)20-36)18-34-30(37)31(3,4)5/h7-10,13-17,26-27,36H,6,11-12,18-20H2,1-5H3,(H,34,37)/t26-,27?/m1/s1. The highest BCUT2D eigenvalue weighted by molar-refractivity contribution is 5.81. The highest BCUT2D eigenvalue weighted by atomic mass is 16.3. The molecular formula is C31H40N4O2. The SMILES string of the molecule is Cc1cccnc1C1CCC[C@H](c2ncccc2C)N1Cc1ccc(CNC(=O)C(C)(C)C)cc1CO. The Morgan fingerprint density at radius 1 is 0.973 bits per heavy atom. The van der Waals surface area contributed by atoms with Crippen LogP contribution in [0.4, 0.5) is 0 Å². The fraction of sp³-hybridized carbons (Fsp3) is 0.452. The van der Waals surface area contributed by atoms with Crippen molar-refractivity contribution in [2.75, 3.05) is 0 Å². The van der Waals surface area contributed by atoms with Crippen LogP contribution >= 0.6 is 0 Å². The van der Waals surface area contributed by atoms with Crippen LogP contribution in [-0.2, 0) is 24.5 Å². The molecular weight excluding hydrogens is 460 g/mol. The number of piperidine rings is 1. The van der Waals surface area contributed by atoms with Gasteiger partial charge in [0, 0.05) is 30.9 Å². The van der Waals surface area contributed by atoms with Crippen LogP contribution in [0.25, 0.3) is 0 Å². The van der Waals surface area contributed by atoms with E-state index in [4.69, 9.17) is 9.97 Å². The van der Waals surface area contributed by atoms with Crippen molar-refractivity contribution in [3.8, 4) is 0 Å². The minimum atomic E-state index is -0.439. The Labute approximate surface area is 221 Å². The molecule has 0 aliphatic carbocycles. The number of amides is 1. The molecule has 2 N–H and O–H groups in total. The molecule has 1 fully saturated rings. The van der Waals surface area contributed by atoms with Gasteiger partial charge in [0.1, 0.15) is 0 Å². The summed E-state index contributed by atoms with van der Waals surface area (Å²) in [6, 6.07) is 14.8. The van der Waals surface area contributed by atoms with Crippen LogP contribution in [0, 0.1) is 19.3 Å². The van der Waals surface area contributed by atoms with Crippen molar-refractivity contribution >= 4 is 5.91 Å². The summed E-state index contributed by atoms with van der Waals surface area (Å²) < 4.78 is 0. The van der Waals surface area contributed by atoms with E-state index >= 15 is 0 Å². The normalized spacial score (nSPS) is 18.5. The number of likely N-dealkylation sites (tertiary alicyclic amines) is 1. The first kappa shape index (κ1) is 27.0. The van der Waals surface area contributed by atoms with Gasteiger partial charge in [-0.2, -0.15) is 0 Å². The highest BCUT2D eigenvalue weighted by Gasteiger charge is 2.35. The number of pyridine rings is 2.